The van der Waals surface area contributed by atoms with Gasteiger partial charge in [0.2, 0.25) is 4.96 Å². The molecule has 106 valence electrons. The molecule has 0 bridgehead atoms. The molecule has 6 nitrogen and oxygen atoms in total. The predicted molar refractivity (Wildman–Crippen MR) is 83.0 cm³/mol. The Morgan fingerprint density at radius 3 is 2.57 bits per heavy atom. The van der Waals surface area contributed by atoms with E-state index in [0.717, 1.165) is 33.3 Å². The SMILES string of the molecule is CN(C)c1ccc(C=c2sc3nc(=O)cnn3c2=O)cc1. The van der Waals surface area contributed by atoms with Crippen LogP contribution in [0.5, 0.6) is 0 Å². The van der Waals surface area contributed by atoms with Gasteiger partial charge in [0.05, 0.1) is 4.53 Å². The lowest BCUT2D eigenvalue weighted by Gasteiger charge is -2.11. The Labute approximate surface area is 123 Å². The molecule has 0 saturated carbocycles. The highest BCUT2D eigenvalue weighted by atomic mass is 32.1. The monoisotopic (exact) mass is 300 g/mol. The fourth-order valence-electron chi connectivity index (χ4n) is 1.89. The minimum Gasteiger partial charge on any atom is -0.378 e. The average Bonchev–Trinajstić information content (AvgIpc) is 2.75. The number of hydrogen-bond donors (Lipinski definition) is 0. The second-order valence-corrected chi connectivity index (χ2v) is 5.70. The van der Waals surface area contributed by atoms with Crippen LogP contribution in [0.25, 0.3) is 11.0 Å². The average molecular weight is 300 g/mol. The fraction of sp³-hybridized carbons (Fsp3) is 0.143. The summed E-state index contributed by atoms with van der Waals surface area (Å²) in [5.41, 5.74) is 1.28. The van der Waals surface area contributed by atoms with E-state index >= 15 is 0 Å². The Balaban J connectivity index is 2.13. The minimum atomic E-state index is -0.446. The maximum atomic E-state index is 12.1. The van der Waals surface area contributed by atoms with Crippen LogP contribution in [0.15, 0.2) is 40.1 Å². The molecule has 0 unspecified atom stereocenters. The van der Waals surface area contributed by atoms with Crippen molar-refractivity contribution in [3.63, 3.8) is 0 Å². The van der Waals surface area contributed by atoms with E-state index in [4.69, 9.17) is 0 Å². The highest BCUT2D eigenvalue weighted by Crippen LogP contribution is 2.12. The molecule has 3 rings (SSSR count). The number of aromatic nitrogens is 3. The molecule has 2 aromatic heterocycles. The van der Waals surface area contributed by atoms with Gasteiger partial charge in [-0.3, -0.25) is 9.59 Å². The third-order valence-corrected chi connectivity index (χ3v) is 3.94. The summed E-state index contributed by atoms with van der Waals surface area (Å²) in [6.45, 7) is 0. The third-order valence-electron chi connectivity index (χ3n) is 2.98. The Morgan fingerprint density at radius 1 is 1.19 bits per heavy atom. The van der Waals surface area contributed by atoms with Gasteiger partial charge in [-0.1, -0.05) is 23.5 Å². The van der Waals surface area contributed by atoms with Gasteiger partial charge < -0.3 is 4.90 Å². The second kappa shape index (κ2) is 5.10. The first-order valence-electron chi connectivity index (χ1n) is 6.22. The topological polar surface area (TPSA) is 67.6 Å². The molecular formula is C14H12N4O2S. The van der Waals surface area contributed by atoms with Gasteiger partial charge in [0.25, 0.3) is 11.1 Å². The van der Waals surface area contributed by atoms with Crippen molar-refractivity contribution in [2.45, 2.75) is 0 Å². The number of hydrogen-bond acceptors (Lipinski definition) is 6. The maximum Gasteiger partial charge on any atom is 0.292 e. The normalized spacial score (nSPS) is 12.0. The van der Waals surface area contributed by atoms with Gasteiger partial charge in [-0.25, -0.2) is 0 Å². The van der Waals surface area contributed by atoms with E-state index in [1.807, 2.05) is 43.3 Å². The molecule has 1 aromatic carbocycles. The van der Waals surface area contributed by atoms with Crippen molar-refractivity contribution in [2.75, 3.05) is 19.0 Å². The van der Waals surface area contributed by atoms with Gasteiger partial charge >= 0.3 is 0 Å². The highest BCUT2D eigenvalue weighted by Gasteiger charge is 2.05. The van der Waals surface area contributed by atoms with Crippen molar-refractivity contribution in [2.24, 2.45) is 0 Å². The summed E-state index contributed by atoms with van der Waals surface area (Å²) in [5, 5.41) is 3.79. The largest absolute Gasteiger partial charge is 0.378 e. The molecule has 0 atom stereocenters. The number of fused-ring (bicyclic) bond motifs is 1. The summed E-state index contributed by atoms with van der Waals surface area (Å²) in [5.74, 6) is 0. The van der Waals surface area contributed by atoms with Crippen molar-refractivity contribution in [1.82, 2.24) is 14.6 Å². The van der Waals surface area contributed by atoms with E-state index in [-0.39, 0.29) is 5.56 Å². The highest BCUT2D eigenvalue weighted by molar-refractivity contribution is 7.15. The van der Waals surface area contributed by atoms with Crippen LogP contribution in [0, 0.1) is 0 Å². The number of benzene rings is 1. The zero-order chi connectivity index (χ0) is 15.0. The van der Waals surface area contributed by atoms with Crippen LogP contribution >= 0.6 is 11.3 Å². The van der Waals surface area contributed by atoms with Crippen molar-refractivity contribution < 1.29 is 0 Å². The van der Waals surface area contributed by atoms with Crippen LogP contribution in [0.1, 0.15) is 5.56 Å². The quantitative estimate of drug-likeness (QED) is 0.673. The first kappa shape index (κ1) is 13.4. The zero-order valence-electron chi connectivity index (χ0n) is 11.5. The number of rotatable bonds is 2. The molecule has 0 radical (unpaired) electrons. The van der Waals surface area contributed by atoms with E-state index in [9.17, 15) is 9.59 Å². The summed E-state index contributed by atoms with van der Waals surface area (Å²) < 4.78 is 1.64. The van der Waals surface area contributed by atoms with E-state index < -0.39 is 5.56 Å². The maximum absolute atomic E-state index is 12.1. The minimum absolute atomic E-state index is 0.265. The summed E-state index contributed by atoms with van der Waals surface area (Å²) in [4.78, 5) is 29.4. The molecule has 2 heterocycles. The number of anilines is 1. The van der Waals surface area contributed by atoms with E-state index in [1.165, 1.54) is 0 Å². The molecular weight excluding hydrogens is 288 g/mol. The van der Waals surface area contributed by atoms with Crippen LogP contribution in [0.2, 0.25) is 0 Å². The lowest BCUT2D eigenvalue weighted by Crippen LogP contribution is -2.25. The summed E-state index contributed by atoms with van der Waals surface area (Å²) in [7, 11) is 3.93. The Bertz CT molecular complexity index is 957. The van der Waals surface area contributed by atoms with Gasteiger partial charge in [-0.2, -0.15) is 14.6 Å². The Hall–Kier alpha value is -2.54. The van der Waals surface area contributed by atoms with Crippen molar-refractivity contribution in [3.8, 4) is 0 Å². The predicted octanol–water partition coefficient (Wildman–Crippen LogP) is 0.125. The van der Waals surface area contributed by atoms with Gasteiger partial charge in [-0.15, -0.1) is 0 Å². The summed E-state index contributed by atoms with van der Waals surface area (Å²) in [6, 6.07) is 7.82. The molecule has 0 aliphatic carbocycles. The van der Waals surface area contributed by atoms with Gasteiger partial charge in [-0.05, 0) is 23.8 Å². The zero-order valence-corrected chi connectivity index (χ0v) is 12.3. The second-order valence-electron chi connectivity index (χ2n) is 4.69. The molecule has 0 N–H and O–H groups in total. The van der Waals surface area contributed by atoms with E-state index in [2.05, 4.69) is 10.1 Å². The molecule has 21 heavy (non-hydrogen) atoms. The number of thiazole rings is 1. The molecule has 0 aliphatic rings. The van der Waals surface area contributed by atoms with Gasteiger partial charge in [0.15, 0.2) is 0 Å². The standard InChI is InChI=1S/C14H12N4O2S/c1-17(2)10-5-3-9(4-6-10)7-11-13(20)18-14(21-11)16-12(19)8-15-18/h3-8H,1-2H3. The van der Waals surface area contributed by atoms with Crippen LogP contribution in [0.3, 0.4) is 0 Å². The molecule has 0 saturated heterocycles. The van der Waals surface area contributed by atoms with Crippen molar-refractivity contribution in [1.29, 1.82) is 0 Å². The third kappa shape index (κ3) is 2.55. The van der Waals surface area contributed by atoms with Crippen LogP contribution in [-0.2, 0) is 0 Å². The van der Waals surface area contributed by atoms with Crippen LogP contribution in [0.4, 0.5) is 5.69 Å². The van der Waals surface area contributed by atoms with Crippen molar-refractivity contribution >= 4 is 28.1 Å². The smallest absolute Gasteiger partial charge is 0.292 e. The molecule has 0 spiro atoms. The van der Waals surface area contributed by atoms with Crippen LogP contribution in [-0.4, -0.2) is 28.7 Å². The molecule has 0 amide bonds. The van der Waals surface area contributed by atoms with Gasteiger partial charge in [0.1, 0.15) is 6.20 Å². The fourth-order valence-corrected chi connectivity index (χ4v) is 2.81. The lowest BCUT2D eigenvalue weighted by molar-refractivity contribution is 0.866. The molecule has 7 heteroatoms. The van der Waals surface area contributed by atoms with E-state index in [0.29, 0.717) is 9.49 Å². The Kier molecular flexibility index (Phi) is 3.26. The summed E-state index contributed by atoms with van der Waals surface area (Å²) >= 11 is 1.15. The molecule has 3 aromatic rings. The molecule has 0 aliphatic heterocycles. The van der Waals surface area contributed by atoms with Crippen LogP contribution < -0.4 is 20.6 Å². The van der Waals surface area contributed by atoms with Crippen molar-refractivity contribution in [3.05, 3.63) is 61.3 Å². The summed E-state index contributed by atoms with van der Waals surface area (Å²) in [6.07, 6.45) is 2.81. The Morgan fingerprint density at radius 2 is 1.90 bits per heavy atom. The first-order chi connectivity index (χ1) is 10.0. The number of nitrogens with zero attached hydrogens (tertiary/aromatic N) is 4. The van der Waals surface area contributed by atoms with E-state index in [1.54, 1.807) is 6.08 Å². The molecule has 0 fully saturated rings. The lowest BCUT2D eigenvalue weighted by atomic mass is 10.2. The first-order valence-corrected chi connectivity index (χ1v) is 7.04. The van der Waals surface area contributed by atoms with Gasteiger partial charge in [0, 0.05) is 19.8 Å².